The number of ether oxygens (including phenoxy) is 2. The number of piperazine rings is 1. The van der Waals surface area contributed by atoms with Crippen molar-refractivity contribution in [1.29, 1.82) is 0 Å². The molecule has 5 heterocycles. The standard InChI is InChI=1S/C50H62F7N11O8/c1-48(2,3)41(61-46(72)73)44(71)64-67(22-34-35(51)16-29(17-36(34)52)37-13-14-66(63-37)24-40(53)54)23-39(69)38(60-43(70)42(62-47(74)75-6)49(4,5)50(55,56)57)15-27-7-9-28(10-8-27)30-18-58-45(59-19-30)65-20-31-11-12-32(21-65)68(31)33-25-76-26-33/h7-10,13-14,16-19,31-33,38-42,61,69H,11-12,15,20-26H2,1-6H3,(H,60,70)(H,62,74)(H,64,71)(H,72,73). The van der Waals surface area contributed by atoms with Crippen molar-refractivity contribution in [2.45, 2.75) is 122 Å². The number of rotatable bonds is 20. The zero-order valence-electron chi connectivity index (χ0n) is 42.6. The highest BCUT2D eigenvalue weighted by atomic mass is 19.4. The summed E-state index contributed by atoms with van der Waals surface area (Å²) in [6.07, 6.45) is -6.40. The number of aliphatic hydroxyl groups excluding tert-OH is 1. The molecule has 7 rings (SSSR count). The zero-order chi connectivity index (χ0) is 55.4. The van der Waals surface area contributed by atoms with Gasteiger partial charge >= 0.3 is 18.4 Å². The van der Waals surface area contributed by atoms with Crippen molar-refractivity contribution >= 4 is 29.9 Å². The lowest BCUT2D eigenvalue weighted by Gasteiger charge is -2.47. The number of amides is 4. The predicted octanol–water partition coefficient (Wildman–Crippen LogP) is 5.52. The smallest absolute Gasteiger partial charge is 0.407 e. The number of alkyl halides is 5. The largest absolute Gasteiger partial charge is 0.465 e. The second-order valence-electron chi connectivity index (χ2n) is 20.9. The number of hydrogen-bond donors (Lipinski definition) is 6. The van der Waals surface area contributed by atoms with Gasteiger partial charge in [-0.15, -0.1) is 0 Å². The van der Waals surface area contributed by atoms with Crippen LogP contribution in [0.4, 0.5) is 46.3 Å². The Labute approximate surface area is 433 Å². The van der Waals surface area contributed by atoms with E-state index in [0.717, 1.165) is 68.1 Å². The van der Waals surface area contributed by atoms with E-state index in [-0.39, 0.29) is 17.7 Å². The average Bonchev–Trinajstić information content (AvgIpc) is 3.88. The third kappa shape index (κ3) is 13.5. The van der Waals surface area contributed by atoms with Gasteiger partial charge in [-0.3, -0.25) is 24.6 Å². The number of alkyl carbamates (subject to hydrolysis) is 1. The van der Waals surface area contributed by atoms with Crippen LogP contribution in [0.15, 0.2) is 61.1 Å². The van der Waals surface area contributed by atoms with Crippen LogP contribution in [0.5, 0.6) is 0 Å². The highest BCUT2D eigenvalue weighted by molar-refractivity contribution is 5.87. The van der Waals surface area contributed by atoms with E-state index in [0.29, 0.717) is 54.6 Å². The van der Waals surface area contributed by atoms with Crippen molar-refractivity contribution in [3.63, 3.8) is 0 Å². The first kappa shape index (κ1) is 57.1. The summed E-state index contributed by atoms with van der Waals surface area (Å²) in [7, 11) is 0.877. The molecule has 0 aliphatic carbocycles. The summed E-state index contributed by atoms with van der Waals surface area (Å²) in [4.78, 5) is 66.4. The van der Waals surface area contributed by atoms with Crippen molar-refractivity contribution in [2.75, 3.05) is 44.9 Å². The molecule has 2 aromatic carbocycles. The van der Waals surface area contributed by atoms with Crippen molar-refractivity contribution in [1.82, 2.24) is 51.0 Å². The maximum absolute atomic E-state index is 16.1. The fourth-order valence-corrected chi connectivity index (χ4v) is 9.65. The third-order valence-electron chi connectivity index (χ3n) is 14.0. The van der Waals surface area contributed by atoms with E-state index in [9.17, 15) is 51.3 Å². The Kier molecular flexibility index (Phi) is 17.5. The number of nitrogens with one attached hydrogen (secondary N) is 4. The summed E-state index contributed by atoms with van der Waals surface area (Å²) in [6, 6.07) is 5.32. The lowest BCUT2D eigenvalue weighted by Crippen LogP contribution is -2.63. The molecule has 3 fully saturated rings. The van der Waals surface area contributed by atoms with E-state index in [2.05, 4.69) is 45.7 Å². The summed E-state index contributed by atoms with van der Waals surface area (Å²) >= 11 is 0. The molecule has 19 nitrogen and oxygen atoms in total. The second-order valence-corrected chi connectivity index (χ2v) is 20.9. The number of anilines is 1. The van der Waals surface area contributed by atoms with Crippen molar-refractivity contribution < 1.29 is 69.6 Å². The Hall–Kier alpha value is -6.64. The van der Waals surface area contributed by atoms with Crippen LogP contribution in [0.1, 0.15) is 58.6 Å². The maximum Gasteiger partial charge on any atom is 0.407 e. The number of carbonyl (C=O) groups is 4. The van der Waals surface area contributed by atoms with Gasteiger partial charge in [0.1, 0.15) is 30.3 Å². The minimum Gasteiger partial charge on any atom is -0.465 e. The topological polar surface area (TPSA) is 229 Å². The average molecular weight is 1080 g/mol. The Morgan fingerprint density at radius 3 is 1.99 bits per heavy atom. The van der Waals surface area contributed by atoms with E-state index >= 15 is 8.78 Å². The van der Waals surface area contributed by atoms with Crippen LogP contribution >= 0.6 is 0 Å². The first-order valence-corrected chi connectivity index (χ1v) is 24.5. The molecule has 26 heteroatoms. The second kappa shape index (κ2) is 23.3. The molecule has 6 N–H and O–H groups in total. The molecule has 76 heavy (non-hydrogen) atoms. The molecule has 2 bridgehead atoms. The number of fused-ring (bicyclic) bond motifs is 2. The van der Waals surface area contributed by atoms with Crippen LogP contribution in [0.3, 0.4) is 0 Å². The van der Waals surface area contributed by atoms with E-state index in [1.165, 1.54) is 33.0 Å². The lowest BCUT2D eigenvalue weighted by molar-refractivity contribution is -0.220. The van der Waals surface area contributed by atoms with Gasteiger partial charge in [0, 0.05) is 73.5 Å². The highest BCUT2D eigenvalue weighted by Crippen LogP contribution is 2.41. The van der Waals surface area contributed by atoms with Gasteiger partial charge in [-0.2, -0.15) is 18.3 Å². The number of aliphatic hydroxyl groups is 1. The predicted molar refractivity (Wildman–Crippen MR) is 260 cm³/mol. The number of hydrazine groups is 1. The molecule has 3 saturated heterocycles. The van der Waals surface area contributed by atoms with Crippen LogP contribution in [-0.4, -0.2) is 159 Å². The molecule has 414 valence electrons. The first-order chi connectivity index (χ1) is 35.7. The van der Waals surface area contributed by atoms with Gasteiger partial charge < -0.3 is 40.5 Å². The number of methoxy groups -OCH3 is 1. The SMILES string of the molecule is COC(=O)NC(C(=O)NC(Cc1ccc(-c2cnc(N3CC4CCC(C3)N4C3COC3)nc2)cc1)C(O)CN(Cc1c(F)cc(-c2ccn(CC(F)F)n2)cc1F)NC(=O)C(NC(=O)O)C(C)(C)C)C(C)(C)C(F)(F)F. The number of nitrogens with zero attached hydrogens (tertiary/aromatic N) is 7. The molecule has 0 saturated carbocycles. The van der Waals surface area contributed by atoms with Gasteiger partial charge in [-0.05, 0) is 67.9 Å². The van der Waals surface area contributed by atoms with E-state index < -0.39 is 108 Å². The van der Waals surface area contributed by atoms with E-state index in [4.69, 9.17) is 4.74 Å². The van der Waals surface area contributed by atoms with Gasteiger partial charge in [-0.25, -0.2) is 42.1 Å². The van der Waals surface area contributed by atoms with Crippen LogP contribution in [0.25, 0.3) is 22.4 Å². The number of halogens is 7. The van der Waals surface area contributed by atoms with Gasteiger partial charge in [0.2, 0.25) is 11.9 Å². The monoisotopic (exact) mass is 1080 g/mol. The first-order valence-electron chi connectivity index (χ1n) is 24.5. The highest BCUT2D eigenvalue weighted by Gasteiger charge is 2.56. The van der Waals surface area contributed by atoms with E-state index in [1.54, 1.807) is 36.7 Å². The Balaban J connectivity index is 1.17. The zero-order valence-corrected chi connectivity index (χ0v) is 42.6. The molecule has 4 amide bonds. The van der Waals surface area contributed by atoms with Crippen LogP contribution in [0, 0.1) is 22.5 Å². The van der Waals surface area contributed by atoms with Crippen LogP contribution < -0.4 is 26.3 Å². The third-order valence-corrected chi connectivity index (χ3v) is 14.0. The van der Waals surface area contributed by atoms with Crippen molar-refractivity contribution in [3.05, 3.63) is 83.8 Å². The lowest BCUT2D eigenvalue weighted by atomic mass is 9.82. The van der Waals surface area contributed by atoms with E-state index in [1.807, 2.05) is 5.32 Å². The molecular weight excluding hydrogens is 1020 g/mol. The number of carbonyl (C=O) groups excluding carboxylic acids is 3. The number of aromatic nitrogens is 4. The van der Waals surface area contributed by atoms with Gasteiger partial charge in [-0.1, -0.05) is 45.0 Å². The summed E-state index contributed by atoms with van der Waals surface area (Å²) in [6.45, 7) is 6.43. The summed E-state index contributed by atoms with van der Waals surface area (Å²) in [5, 5.41) is 32.9. The molecule has 2 aromatic heterocycles. The minimum absolute atomic E-state index is 0.0589. The Bertz CT molecular complexity index is 2650. The van der Waals surface area contributed by atoms with Crippen LogP contribution in [-0.2, 0) is 38.6 Å². The molecule has 6 atom stereocenters. The summed E-state index contributed by atoms with van der Waals surface area (Å²) in [5.74, 6) is -4.33. The molecule has 4 aromatic rings. The van der Waals surface area contributed by atoms with Crippen molar-refractivity contribution in [2.24, 2.45) is 10.8 Å². The quantitative estimate of drug-likeness (QED) is 0.0474. The minimum atomic E-state index is -5.09. The number of hydrogen-bond acceptors (Lipinski definition) is 13. The molecular formula is C50H62F7N11O8. The van der Waals surface area contributed by atoms with Crippen molar-refractivity contribution in [3.8, 4) is 22.4 Å². The fraction of sp³-hybridized carbons (Fsp3) is 0.540. The summed E-state index contributed by atoms with van der Waals surface area (Å²) in [5.41, 5.74) is -0.867. The number of carboxylic acid groups (broad SMARTS) is 1. The molecule has 0 radical (unpaired) electrons. The van der Waals surface area contributed by atoms with Crippen LogP contribution in [0.2, 0.25) is 0 Å². The Morgan fingerprint density at radius 2 is 1.46 bits per heavy atom. The normalized spacial score (nSPS) is 18.9. The molecule has 0 spiro atoms. The number of benzene rings is 2. The maximum atomic E-state index is 16.1. The summed E-state index contributed by atoms with van der Waals surface area (Å²) < 4.78 is 113. The van der Waals surface area contributed by atoms with Gasteiger partial charge in [0.05, 0.1) is 49.6 Å². The fourth-order valence-electron chi connectivity index (χ4n) is 9.65. The Morgan fingerprint density at radius 1 is 0.842 bits per heavy atom. The van der Waals surface area contributed by atoms with Gasteiger partial charge in [0.25, 0.3) is 12.3 Å². The molecule has 3 aliphatic rings. The molecule has 6 unspecified atom stereocenters. The molecule has 3 aliphatic heterocycles. The van der Waals surface area contributed by atoms with Gasteiger partial charge in [0.15, 0.2) is 0 Å².